The van der Waals surface area contributed by atoms with Gasteiger partial charge in [-0.3, -0.25) is 0 Å². The smallest absolute Gasteiger partial charge is 0.330 e. The summed E-state index contributed by atoms with van der Waals surface area (Å²) in [7, 11) is 0. The predicted octanol–water partition coefficient (Wildman–Crippen LogP) is 2.33. The minimum atomic E-state index is -1.01. The van der Waals surface area contributed by atoms with Gasteiger partial charge in [0.2, 0.25) is 0 Å². The summed E-state index contributed by atoms with van der Waals surface area (Å²) in [6.07, 6.45) is -0.847. The van der Waals surface area contributed by atoms with Crippen LogP contribution in [0.15, 0.2) is 73.8 Å². The number of carbonyl (C=O) groups excluding carboxylic acids is 2. The highest BCUT2D eigenvalue weighted by Crippen LogP contribution is 2.33. The molecule has 0 fully saturated rings. The van der Waals surface area contributed by atoms with Crippen molar-refractivity contribution in [1.29, 1.82) is 0 Å². The van der Waals surface area contributed by atoms with E-state index < -0.39 is 30.3 Å². The third-order valence-corrected chi connectivity index (χ3v) is 5.83. The molecule has 0 amide bonds. The second-order valence-corrected chi connectivity index (χ2v) is 9.46. The van der Waals surface area contributed by atoms with Crippen LogP contribution in [0.3, 0.4) is 0 Å². The molecule has 2 aromatic carbocycles. The number of esters is 2. The van der Waals surface area contributed by atoms with E-state index in [-0.39, 0.29) is 45.1 Å². The molecular formula is C30H38O10. The number of ether oxygens (including phenoxy) is 5. The summed E-state index contributed by atoms with van der Waals surface area (Å²) in [5, 5.41) is 29.7. The summed E-state index contributed by atoms with van der Waals surface area (Å²) in [5.74, 6) is -0.0839. The lowest BCUT2D eigenvalue weighted by atomic mass is 9.78. The minimum absolute atomic E-state index is 0.00284. The van der Waals surface area contributed by atoms with Crippen LogP contribution in [0.4, 0.5) is 0 Å². The SMILES string of the molecule is C=CC(=O)OCC(O)COCC(O)COc1ccc(C(C)(C)c2ccc(OCC(O)COC(=O)C=C)cc2)cc1. The van der Waals surface area contributed by atoms with Gasteiger partial charge in [0.25, 0.3) is 0 Å². The van der Waals surface area contributed by atoms with Crippen molar-refractivity contribution in [2.75, 3.05) is 39.6 Å². The van der Waals surface area contributed by atoms with Gasteiger partial charge >= 0.3 is 11.9 Å². The zero-order valence-electron chi connectivity index (χ0n) is 22.9. The van der Waals surface area contributed by atoms with Gasteiger partial charge in [0, 0.05) is 17.6 Å². The molecule has 10 heteroatoms. The highest BCUT2D eigenvalue weighted by atomic mass is 16.6. The van der Waals surface area contributed by atoms with Crippen LogP contribution in [0.2, 0.25) is 0 Å². The van der Waals surface area contributed by atoms with Crippen molar-refractivity contribution < 1.29 is 48.6 Å². The second kappa shape index (κ2) is 16.4. The number of aliphatic hydroxyl groups excluding tert-OH is 3. The maximum absolute atomic E-state index is 11.1. The first-order valence-corrected chi connectivity index (χ1v) is 12.7. The van der Waals surface area contributed by atoms with Crippen molar-refractivity contribution in [3.05, 3.63) is 85.0 Å². The Morgan fingerprint density at radius 3 is 1.40 bits per heavy atom. The van der Waals surface area contributed by atoms with Crippen molar-refractivity contribution in [1.82, 2.24) is 0 Å². The average Bonchev–Trinajstić information content (AvgIpc) is 2.96. The number of benzene rings is 2. The van der Waals surface area contributed by atoms with E-state index >= 15 is 0 Å². The maximum atomic E-state index is 11.1. The van der Waals surface area contributed by atoms with E-state index in [2.05, 4.69) is 27.0 Å². The van der Waals surface area contributed by atoms with Gasteiger partial charge in [-0.15, -0.1) is 0 Å². The molecule has 3 N–H and O–H groups in total. The monoisotopic (exact) mass is 558 g/mol. The van der Waals surface area contributed by atoms with Crippen LogP contribution in [0, 0.1) is 0 Å². The molecule has 0 aromatic heterocycles. The maximum Gasteiger partial charge on any atom is 0.330 e. The topological polar surface area (TPSA) is 141 Å². The van der Waals surface area contributed by atoms with Gasteiger partial charge in [0.05, 0.1) is 13.2 Å². The Morgan fingerprint density at radius 1 is 0.675 bits per heavy atom. The van der Waals surface area contributed by atoms with E-state index in [1.165, 1.54) is 0 Å². The average molecular weight is 559 g/mol. The first-order chi connectivity index (χ1) is 19.0. The molecule has 2 aromatic rings. The molecule has 0 radical (unpaired) electrons. The first-order valence-electron chi connectivity index (χ1n) is 12.7. The van der Waals surface area contributed by atoms with E-state index in [1.54, 1.807) is 0 Å². The molecule has 40 heavy (non-hydrogen) atoms. The van der Waals surface area contributed by atoms with Crippen molar-refractivity contribution in [3.63, 3.8) is 0 Å². The van der Waals surface area contributed by atoms with Crippen molar-refractivity contribution in [3.8, 4) is 11.5 Å². The summed E-state index contributed by atoms with van der Waals surface area (Å²) in [4.78, 5) is 22.1. The summed E-state index contributed by atoms with van der Waals surface area (Å²) in [6.45, 7) is 10.2. The minimum Gasteiger partial charge on any atom is -0.491 e. The molecule has 0 heterocycles. The fraction of sp³-hybridized carbons (Fsp3) is 0.400. The van der Waals surface area contributed by atoms with E-state index in [4.69, 9.17) is 23.7 Å². The Labute approximate surface area is 234 Å². The molecule has 0 bridgehead atoms. The molecular weight excluding hydrogens is 520 g/mol. The molecule has 3 unspecified atom stereocenters. The van der Waals surface area contributed by atoms with E-state index in [9.17, 15) is 24.9 Å². The second-order valence-electron chi connectivity index (χ2n) is 9.46. The largest absolute Gasteiger partial charge is 0.491 e. The third kappa shape index (κ3) is 11.2. The van der Waals surface area contributed by atoms with Crippen LogP contribution < -0.4 is 9.47 Å². The van der Waals surface area contributed by atoms with E-state index in [0.717, 1.165) is 23.3 Å². The van der Waals surface area contributed by atoms with E-state index in [1.807, 2.05) is 48.5 Å². The van der Waals surface area contributed by atoms with E-state index in [0.29, 0.717) is 11.5 Å². The molecule has 0 saturated carbocycles. The Balaban J connectivity index is 1.79. The Hall–Kier alpha value is -3.70. The van der Waals surface area contributed by atoms with Crippen LogP contribution in [-0.4, -0.2) is 85.2 Å². The zero-order valence-corrected chi connectivity index (χ0v) is 22.9. The number of hydrogen-bond acceptors (Lipinski definition) is 10. The summed E-state index contributed by atoms with van der Waals surface area (Å²) in [5.41, 5.74) is 1.76. The highest BCUT2D eigenvalue weighted by molar-refractivity contribution is 5.81. The van der Waals surface area contributed by atoms with Gasteiger partial charge in [-0.25, -0.2) is 9.59 Å². The first kappa shape index (κ1) is 32.5. The molecule has 0 aliphatic carbocycles. The van der Waals surface area contributed by atoms with Crippen LogP contribution in [0.25, 0.3) is 0 Å². The van der Waals surface area contributed by atoms with Crippen molar-refractivity contribution in [2.24, 2.45) is 0 Å². The Bertz CT molecular complexity index is 1080. The predicted molar refractivity (Wildman–Crippen MR) is 147 cm³/mol. The molecule has 0 spiro atoms. The number of hydrogen-bond donors (Lipinski definition) is 3. The normalized spacial score (nSPS) is 13.4. The van der Waals surface area contributed by atoms with Crippen LogP contribution >= 0.6 is 0 Å². The lowest BCUT2D eigenvalue weighted by molar-refractivity contribution is -0.142. The van der Waals surface area contributed by atoms with Gasteiger partial charge < -0.3 is 39.0 Å². The van der Waals surface area contributed by atoms with Gasteiger partial charge in [0.15, 0.2) is 0 Å². The lowest BCUT2D eigenvalue weighted by Gasteiger charge is -2.26. The van der Waals surface area contributed by atoms with Gasteiger partial charge in [-0.2, -0.15) is 0 Å². The number of carbonyl (C=O) groups is 2. The summed E-state index contributed by atoms with van der Waals surface area (Å²) in [6, 6.07) is 15.1. The lowest BCUT2D eigenvalue weighted by Crippen LogP contribution is -2.28. The molecule has 0 aliphatic heterocycles. The van der Waals surface area contributed by atoms with Crippen LogP contribution in [0.5, 0.6) is 11.5 Å². The van der Waals surface area contributed by atoms with Gasteiger partial charge in [-0.05, 0) is 35.4 Å². The quantitative estimate of drug-likeness (QED) is 0.184. The fourth-order valence-corrected chi connectivity index (χ4v) is 3.45. The molecule has 3 atom stereocenters. The van der Waals surface area contributed by atoms with Crippen LogP contribution in [0.1, 0.15) is 25.0 Å². The van der Waals surface area contributed by atoms with Gasteiger partial charge in [0.1, 0.15) is 56.2 Å². The van der Waals surface area contributed by atoms with Crippen LogP contribution in [-0.2, 0) is 29.2 Å². The number of rotatable bonds is 18. The highest BCUT2D eigenvalue weighted by Gasteiger charge is 2.23. The molecule has 0 aliphatic rings. The van der Waals surface area contributed by atoms with Gasteiger partial charge in [-0.1, -0.05) is 51.3 Å². The Kier molecular flexibility index (Phi) is 13.3. The van der Waals surface area contributed by atoms with Crippen molar-refractivity contribution in [2.45, 2.75) is 37.6 Å². The molecule has 0 saturated heterocycles. The third-order valence-electron chi connectivity index (χ3n) is 5.83. The molecule has 10 nitrogen and oxygen atoms in total. The standard InChI is InChI=1S/C30H38O10/c1-5-28(34)39-19-24(32)16-36-15-23(31)17-37-26-11-7-21(8-12-26)30(3,4)22-9-13-27(14-10-22)38-18-25(33)20-40-29(35)6-2/h5-14,23-25,31-33H,1-2,15-20H2,3-4H3. The fourth-order valence-electron chi connectivity index (χ4n) is 3.45. The summed E-state index contributed by atoms with van der Waals surface area (Å²) < 4.78 is 26.0. The zero-order chi connectivity index (χ0) is 29.5. The number of aliphatic hydroxyl groups is 3. The molecule has 2 rings (SSSR count). The Morgan fingerprint density at radius 2 is 1.02 bits per heavy atom. The molecule has 218 valence electrons. The van der Waals surface area contributed by atoms with Crippen molar-refractivity contribution >= 4 is 11.9 Å². The summed E-state index contributed by atoms with van der Waals surface area (Å²) >= 11 is 0.